The number of halogens is 4. The van der Waals surface area contributed by atoms with Gasteiger partial charge in [-0.3, -0.25) is 20.4 Å². The van der Waals surface area contributed by atoms with Crippen LogP contribution in [0, 0.1) is 0 Å². The molecule has 27 heavy (non-hydrogen) atoms. The number of carbonyl (C=O) groups is 2. The minimum atomic E-state index is -4.46. The lowest BCUT2D eigenvalue weighted by Crippen LogP contribution is -2.43. The highest BCUT2D eigenvalue weighted by atomic mass is 35.5. The van der Waals surface area contributed by atoms with Crippen molar-refractivity contribution < 1.29 is 32.2 Å². The van der Waals surface area contributed by atoms with Gasteiger partial charge in [-0.25, -0.2) is 0 Å². The summed E-state index contributed by atoms with van der Waals surface area (Å²) >= 11 is 5.80. The number of nitrogens with one attached hydrogen (secondary N) is 2. The number of carbonyl (C=O) groups excluding carboxylic acids is 2. The van der Waals surface area contributed by atoms with Gasteiger partial charge in [-0.1, -0.05) is 11.6 Å². The molecule has 10 heteroatoms. The van der Waals surface area contributed by atoms with Crippen molar-refractivity contribution in [2.75, 3.05) is 13.7 Å². The molecule has 0 heterocycles. The molecule has 2 aromatic carbocycles. The van der Waals surface area contributed by atoms with E-state index in [-0.39, 0.29) is 17.1 Å². The third kappa shape index (κ3) is 5.78. The van der Waals surface area contributed by atoms with Gasteiger partial charge in [0.15, 0.2) is 6.61 Å². The second-order valence-electron chi connectivity index (χ2n) is 5.16. The summed E-state index contributed by atoms with van der Waals surface area (Å²) in [4.78, 5) is 23.8. The fraction of sp³-hybridized carbons (Fsp3) is 0.176. The van der Waals surface area contributed by atoms with Gasteiger partial charge in [-0.15, -0.1) is 0 Å². The average Bonchev–Trinajstić information content (AvgIpc) is 2.63. The highest BCUT2D eigenvalue weighted by Gasteiger charge is 2.30. The van der Waals surface area contributed by atoms with E-state index in [0.29, 0.717) is 5.02 Å². The molecule has 0 aromatic heterocycles. The quantitative estimate of drug-likeness (QED) is 0.753. The number of alkyl halides is 3. The molecule has 0 aliphatic rings. The Balaban J connectivity index is 1.85. The van der Waals surface area contributed by atoms with Crippen LogP contribution in [-0.4, -0.2) is 25.5 Å². The standard InChI is InChI=1S/C17H14ClF3N2O4/c1-26-14-8-11(18)4-7-13(14)16(25)23-22-15(24)9-27-12-5-2-10(3-6-12)17(19,20)21/h2-8H,9H2,1H3,(H,22,24)(H,23,25). The van der Waals surface area contributed by atoms with Crippen LogP contribution >= 0.6 is 11.6 Å². The van der Waals surface area contributed by atoms with Gasteiger partial charge in [0.2, 0.25) is 0 Å². The van der Waals surface area contributed by atoms with Crippen molar-refractivity contribution in [1.82, 2.24) is 10.9 Å². The largest absolute Gasteiger partial charge is 0.496 e. The molecule has 2 N–H and O–H groups in total. The van der Waals surface area contributed by atoms with Gasteiger partial charge in [-0.05, 0) is 42.5 Å². The minimum absolute atomic E-state index is 0.0730. The molecule has 0 aliphatic carbocycles. The topological polar surface area (TPSA) is 76.7 Å². The number of hydrogen-bond acceptors (Lipinski definition) is 4. The SMILES string of the molecule is COc1cc(Cl)ccc1C(=O)NNC(=O)COc1ccc(C(F)(F)F)cc1. The Morgan fingerprint density at radius 3 is 2.33 bits per heavy atom. The van der Waals surface area contributed by atoms with Crippen molar-refractivity contribution in [1.29, 1.82) is 0 Å². The molecule has 0 saturated carbocycles. The molecule has 0 fully saturated rings. The number of hydrazine groups is 1. The van der Waals surface area contributed by atoms with Crippen LogP contribution < -0.4 is 20.3 Å². The van der Waals surface area contributed by atoms with Gasteiger partial charge in [0.25, 0.3) is 11.8 Å². The first-order valence-corrected chi connectivity index (χ1v) is 7.81. The summed E-state index contributed by atoms with van der Waals surface area (Å²) in [5, 5.41) is 0.373. The molecule has 2 aromatic rings. The first-order chi connectivity index (χ1) is 12.7. The predicted octanol–water partition coefficient (Wildman–Crippen LogP) is 3.21. The van der Waals surface area contributed by atoms with E-state index in [2.05, 4.69) is 10.9 Å². The molecule has 0 saturated heterocycles. The van der Waals surface area contributed by atoms with Crippen molar-refractivity contribution in [2.24, 2.45) is 0 Å². The molecular weight excluding hydrogens is 389 g/mol. The monoisotopic (exact) mass is 402 g/mol. The Labute approximate surface area is 157 Å². The van der Waals surface area contributed by atoms with Gasteiger partial charge in [0.05, 0.1) is 18.2 Å². The number of hydrogen-bond donors (Lipinski definition) is 2. The summed E-state index contributed by atoms with van der Waals surface area (Å²) in [6, 6.07) is 8.19. The van der Waals surface area contributed by atoms with Crippen LogP contribution in [0.2, 0.25) is 5.02 Å². The van der Waals surface area contributed by atoms with Crippen LogP contribution in [0.1, 0.15) is 15.9 Å². The summed E-state index contributed by atoms with van der Waals surface area (Å²) < 4.78 is 47.5. The maximum Gasteiger partial charge on any atom is 0.416 e. The van der Waals surface area contributed by atoms with E-state index < -0.39 is 30.2 Å². The summed E-state index contributed by atoms with van der Waals surface area (Å²) in [7, 11) is 1.36. The van der Waals surface area contributed by atoms with Crippen LogP contribution in [-0.2, 0) is 11.0 Å². The first-order valence-electron chi connectivity index (χ1n) is 7.43. The molecule has 0 unspecified atom stereocenters. The van der Waals surface area contributed by atoms with Crippen molar-refractivity contribution in [3.8, 4) is 11.5 Å². The molecule has 2 rings (SSSR count). The number of ether oxygens (including phenoxy) is 2. The van der Waals surface area contributed by atoms with E-state index in [9.17, 15) is 22.8 Å². The number of methoxy groups -OCH3 is 1. The fourth-order valence-corrected chi connectivity index (χ4v) is 2.13. The molecule has 144 valence electrons. The number of amides is 2. The zero-order valence-electron chi connectivity index (χ0n) is 13.9. The van der Waals surface area contributed by atoms with Crippen LogP contribution in [0.4, 0.5) is 13.2 Å². The smallest absolute Gasteiger partial charge is 0.416 e. The zero-order chi connectivity index (χ0) is 20.0. The van der Waals surface area contributed by atoms with Crippen LogP contribution in [0.5, 0.6) is 11.5 Å². The second kappa shape index (κ2) is 8.63. The average molecular weight is 403 g/mol. The molecule has 0 spiro atoms. The lowest BCUT2D eigenvalue weighted by Gasteiger charge is -2.11. The van der Waals surface area contributed by atoms with Gasteiger partial charge < -0.3 is 9.47 Å². The van der Waals surface area contributed by atoms with E-state index in [1.54, 1.807) is 0 Å². The molecule has 6 nitrogen and oxygen atoms in total. The Morgan fingerprint density at radius 2 is 1.74 bits per heavy atom. The van der Waals surface area contributed by atoms with E-state index in [4.69, 9.17) is 21.1 Å². The van der Waals surface area contributed by atoms with E-state index >= 15 is 0 Å². The molecule has 0 radical (unpaired) electrons. The number of benzene rings is 2. The Bertz CT molecular complexity index is 826. The summed E-state index contributed by atoms with van der Waals surface area (Å²) in [5.74, 6) is -1.07. The van der Waals surface area contributed by atoms with Crippen molar-refractivity contribution in [3.05, 3.63) is 58.6 Å². The molecule has 0 aliphatic heterocycles. The summed E-state index contributed by atoms with van der Waals surface area (Å²) in [6.07, 6.45) is -4.46. The van der Waals surface area contributed by atoms with Gasteiger partial charge in [0, 0.05) is 5.02 Å². The third-order valence-electron chi connectivity index (χ3n) is 3.28. The normalized spacial score (nSPS) is 10.9. The fourth-order valence-electron chi connectivity index (χ4n) is 1.97. The highest BCUT2D eigenvalue weighted by Crippen LogP contribution is 2.30. The van der Waals surface area contributed by atoms with Gasteiger partial charge in [-0.2, -0.15) is 13.2 Å². The van der Waals surface area contributed by atoms with Crippen LogP contribution in [0.3, 0.4) is 0 Å². The molecule has 0 atom stereocenters. The Hall–Kier alpha value is -2.94. The van der Waals surface area contributed by atoms with Crippen molar-refractivity contribution in [2.45, 2.75) is 6.18 Å². The molecule has 2 amide bonds. The highest BCUT2D eigenvalue weighted by molar-refractivity contribution is 6.30. The van der Waals surface area contributed by atoms with Crippen molar-refractivity contribution in [3.63, 3.8) is 0 Å². The Morgan fingerprint density at radius 1 is 1.07 bits per heavy atom. The first kappa shape index (κ1) is 20.4. The predicted molar refractivity (Wildman–Crippen MR) is 90.6 cm³/mol. The summed E-state index contributed by atoms with van der Waals surface area (Å²) in [6.45, 7) is -0.511. The second-order valence-corrected chi connectivity index (χ2v) is 5.59. The molecule has 0 bridgehead atoms. The van der Waals surface area contributed by atoms with Gasteiger partial charge >= 0.3 is 6.18 Å². The minimum Gasteiger partial charge on any atom is -0.496 e. The van der Waals surface area contributed by atoms with Crippen LogP contribution in [0.25, 0.3) is 0 Å². The lowest BCUT2D eigenvalue weighted by atomic mass is 10.2. The lowest BCUT2D eigenvalue weighted by molar-refractivity contribution is -0.137. The van der Waals surface area contributed by atoms with E-state index in [1.807, 2.05) is 0 Å². The number of rotatable bonds is 5. The van der Waals surface area contributed by atoms with Crippen LogP contribution in [0.15, 0.2) is 42.5 Å². The molecular formula is C17H14ClF3N2O4. The van der Waals surface area contributed by atoms with Crippen molar-refractivity contribution >= 4 is 23.4 Å². The zero-order valence-corrected chi connectivity index (χ0v) is 14.6. The third-order valence-corrected chi connectivity index (χ3v) is 3.51. The maximum absolute atomic E-state index is 12.5. The maximum atomic E-state index is 12.5. The van der Waals surface area contributed by atoms with E-state index in [0.717, 1.165) is 24.3 Å². The summed E-state index contributed by atoms with van der Waals surface area (Å²) in [5.41, 5.74) is 3.60. The van der Waals surface area contributed by atoms with E-state index in [1.165, 1.54) is 25.3 Å². The van der Waals surface area contributed by atoms with Gasteiger partial charge in [0.1, 0.15) is 11.5 Å². The Kier molecular flexibility index (Phi) is 6.51.